The van der Waals surface area contributed by atoms with E-state index >= 15 is 0 Å². The maximum Gasteiger partial charge on any atom is 0.0770 e. The Kier molecular flexibility index (Phi) is 4.07. The molecule has 52 valence electrons. The summed E-state index contributed by atoms with van der Waals surface area (Å²) in [7, 11) is 0. The predicted octanol–water partition coefficient (Wildman–Crippen LogP) is -0.466. The average molecular weight is 136 g/mol. The Morgan fingerprint density at radius 2 is 1.30 bits per heavy atom. The molecule has 0 saturated carbocycles. The van der Waals surface area contributed by atoms with E-state index in [2.05, 4.69) is 11.8 Å². The summed E-state index contributed by atoms with van der Waals surface area (Å²) in [5, 5.41) is 17.1. The normalized spacial score (nSPS) is 11.2. The predicted molar refractivity (Wildman–Crippen MR) is 38.9 cm³/mol. The Morgan fingerprint density at radius 3 is 1.40 bits per heavy atom. The largest absolute Gasteiger partial charge is 0.391 e. The molecule has 2 nitrogen and oxygen atoms in total. The van der Waals surface area contributed by atoms with Crippen LogP contribution in [0.2, 0.25) is 0 Å². The molecule has 0 amide bonds. The van der Waals surface area contributed by atoms with Crippen molar-refractivity contribution in [3.05, 3.63) is 11.1 Å². The highest BCUT2D eigenvalue weighted by Gasteiger charge is 1.97. The first-order valence-electron chi connectivity index (χ1n) is 2.67. The highest BCUT2D eigenvalue weighted by molar-refractivity contribution is 5.41. The summed E-state index contributed by atoms with van der Waals surface area (Å²) in [5.41, 5.74) is 0.537. The number of aliphatic hydroxyl groups excluding tert-OH is 2. The van der Waals surface area contributed by atoms with Crippen LogP contribution in [0.3, 0.4) is 0 Å². The zero-order chi connectivity index (χ0) is 7.98. The van der Waals surface area contributed by atoms with Gasteiger partial charge in [0, 0.05) is 11.1 Å². The maximum atomic E-state index is 8.55. The van der Waals surface area contributed by atoms with Gasteiger partial charge in [-0.15, -0.1) is 12.8 Å². The van der Waals surface area contributed by atoms with E-state index in [1.807, 2.05) is 0 Å². The molecule has 0 aromatic heterocycles. The third kappa shape index (κ3) is 1.95. The van der Waals surface area contributed by atoms with E-state index in [1.54, 1.807) is 0 Å². The van der Waals surface area contributed by atoms with Crippen LogP contribution in [0.4, 0.5) is 0 Å². The van der Waals surface area contributed by atoms with Crippen LogP contribution in [-0.4, -0.2) is 23.4 Å². The van der Waals surface area contributed by atoms with Gasteiger partial charge < -0.3 is 10.2 Å². The molecule has 0 unspecified atom stereocenters. The Morgan fingerprint density at radius 1 is 1.00 bits per heavy atom. The highest BCUT2D eigenvalue weighted by Crippen LogP contribution is 1.99. The van der Waals surface area contributed by atoms with Gasteiger partial charge in [-0.1, -0.05) is 11.8 Å². The molecule has 0 aromatic rings. The average Bonchev–Trinajstić information content (AvgIpc) is 2.00. The standard InChI is InChI=1S/C8H8O2/c1-3-7(5-9)8(4-2)6-10/h1-2,9-10H,5-6H2/b8-7+. The summed E-state index contributed by atoms with van der Waals surface area (Å²) in [6.45, 7) is -0.590. The third-order valence-corrected chi connectivity index (χ3v) is 1.03. The zero-order valence-electron chi connectivity index (χ0n) is 5.46. The van der Waals surface area contributed by atoms with E-state index in [0.717, 1.165) is 0 Å². The van der Waals surface area contributed by atoms with Crippen LogP contribution < -0.4 is 0 Å². The second-order valence-electron chi connectivity index (χ2n) is 1.56. The van der Waals surface area contributed by atoms with E-state index in [-0.39, 0.29) is 24.4 Å². The lowest BCUT2D eigenvalue weighted by atomic mass is 10.1. The van der Waals surface area contributed by atoms with Crippen molar-refractivity contribution in [1.29, 1.82) is 0 Å². The van der Waals surface area contributed by atoms with Crippen LogP contribution in [0, 0.1) is 24.7 Å². The molecule has 0 spiro atoms. The van der Waals surface area contributed by atoms with E-state index in [9.17, 15) is 0 Å². The molecule has 0 heterocycles. The van der Waals surface area contributed by atoms with Crippen molar-refractivity contribution in [1.82, 2.24) is 0 Å². The monoisotopic (exact) mass is 136 g/mol. The molecule has 2 N–H and O–H groups in total. The molecule has 10 heavy (non-hydrogen) atoms. The van der Waals surface area contributed by atoms with Gasteiger partial charge in [-0.05, 0) is 0 Å². The van der Waals surface area contributed by atoms with Gasteiger partial charge in [0.15, 0.2) is 0 Å². The topological polar surface area (TPSA) is 40.5 Å². The van der Waals surface area contributed by atoms with Crippen LogP contribution in [0.5, 0.6) is 0 Å². The van der Waals surface area contributed by atoms with Gasteiger partial charge in [0.1, 0.15) is 0 Å². The van der Waals surface area contributed by atoms with Crippen molar-refractivity contribution < 1.29 is 10.2 Å². The van der Waals surface area contributed by atoms with Crippen molar-refractivity contribution in [3.8, 4) is 24.7 Å². The van der Waals surface area contributed by atoms with Gasteiger partial charge in [0.05, 0.1) is 13.2 Å². The fourth-order valence-corrected chi connectivity index (χ4v) is 0.456. The molecule has 0 aliphatic heterocycles. The van der Waals surface area contributed by atoms with E-state index < -0.39 is 0 Å². The number of rotatable bonds is 2. The fraction of sp³-hybridized carbons (Fsp3) is 0.250. The van der Waals surface area contributed by atoms with Gasteiger partial charge in [-0.2, -0.15) is 0 Å². The maximum absolute atomic E-state index is 8.55. The molecule has 0 fully saturated rings. The number of terminal acetylenes is 2. The number of aliphatic hydroxyl groups is 2. The van der Waals surface area contributed by atoms with E-state index in [1.165, 1.54) is 0 Å². The third-order valence-electron chi connectivity index (χ3n) is 1.03. The zero-order valence-corrected chi connectivity index (χ0v) is 5.46. The van der Waals surface area contributed by atoms with Crippen LogP contribution in [0.25, 0.3) is 0 Å². The molecule has 0 atom stereocenters. The smallest absolute Gasteiger partial charge is 0.0770 e. The Bertz CT molecular complexity index is 188. The summed E-state index contributed by atoms with van der Waals surface area (Å²) in [4.78, 5) is 0. The van der Waals surface area contributed by atoms with Crippen LogP contribution >= 0.6 is 0 Å². The van der Waals surface area contributed by atoms with Crippen LogP contribution in [0.15, 0.2) is 11.1 Å². The minimum absolute atomic E-state index is 0.269. The fourth-order valence-electron chi connectivity index (χ4n) is 0.456. The molecule has 0 saturated heterocycles. The first-order chi connectivity index (χ1) is 4.79. The highest BCUT2D eigenvalue weighted by atomic mass is 16.3. The minimum atomic E-state index is -0.295. The molecule has 2 heteroatoms. The van der Waals surface area contributed by atoms with Crippen molar-refractivity contribution >= 4 is 0 Å². The first kappa shape index (κ1) is 8.78. The van der Waals surface area contributed by atoms with Gasteiger partial charge in [-0.25, -0.2) is 0 Å². The van der Waals surface area contributed by atoms with Crippen molar-refractivity contribution in [2.45, 2.75) is 0 Å². The molecule has 0 aromatic carbocycles. The molecule has 0 radical (unpaired) electrons. The van der Waals surface area contributed by atoms with Crippen LogP contribution in [-0.2, 0) is 0 Å². The number of hydrogen-bond acceptors (Lipinski definition) is 2. The summed E-state index contributed by atoms with van der Waals surface area (Å²) in [6.07, 6.45) is 9.92. The van der Waals surface area contributed by atoms with Crippen molar-refractivity contribution in [3.63, 3.8) is 0 Å². The number of hydrogen-bond donors (Lipinski definition) is 2. The lowest BCUT2D eigenvalue weighted by Crippen LogP contribution is -1.96. The van der Waals surface area contributed by atoms with Gasteiger partial charge in [0.25, 0.3) is 0 Å². The quantitative estimate of drug-likeness (QED) is 0.504. The molecule has 0 bridgehead atoms. The minimum Gasteiger partial charge on any atom is -0.391 e. The van der Waals surface area contributed by atoms with Gasteiger partial charge in [0.2, 0.25) is 0 Å². The molecular formula is C8H8O2. The summed E-state index contributed by atoms with van der Waals surface area (Å²) < 4.78 is 0. The van der Waals surface area contributed by atoms with Crippen LogP contribution in [0.1, 0.15) is 0 Å². The van der Waals surface area contributed by atoms with E-state index in [0.29, 0.717) is 0 Å². The molecule has 0 aliphatic carbocycles. The molecule has 0 rings (SSSR count). The first-order valence-corrected chi connectivity index (χ1v) is 2.67. The van der Waals surface area contributed by atoms with Gasteiger partial charge >= 0.3 is 0 Å². The lowest BCUT2D eigenvalue weighted by molar-refractivity contribution is 0.319. The summed E-state index contributed by atoms with van der Waals surface area (Å²) in [5.74, 6) is 4.36. The van der Waals surface area contributed by atoms with Crippen molar-refractivity contribution in [2.24, 2.45) is 0 Å². The SMILES string of the molecule is C#C/C(CO)=C(/C#C)CO. The Labute approximate surface area is 60.2 Å². The lowest BCUT2D eigenvalue weighted by Gasteiger charge is -1.96. The Hall–Kier alpha value is -1.22. The molecular weight excluding hydrogens is 128 g/mol. The van der Waals surface area contributed by atoms with E-state index in [4.69, 9.17) is 23.1 Å². The Balaban J connectivity index is 4.62. The van der Waals surface area contributed by atoms with Crippen molar-refractivity contribution in [2.75, 3.05) is 13.2 Å². The summed E-state index contributed by atoms with van der Waals surface area (Å²) >= 11 is 0. The molecule has 0 aliphatic rings. The second-order valence-corrected chi connectivity index (χ2v) is 1.56. The summed E-state index contributed by atoms with van der Waals surface area (Å²) in [6, 6.07) is 0. The van der Waals surface area contributed by atoms with Gasteiger partial charge in [-0.3, -0.25) is 0 Å². The second kappa shape index (κ2) is 4.64.